The Morgan fingerprint density at radius 3 is 2.71 bits per heavy atom. The molecule has 1 fully saturated rings. The third-order valence-electron chi connectivity index (χ3n) is 3.59. The highest BCUT2D eigenvalue weighted by Crippen LogP contribution is 2.32. The Morgan fingerprint density at radius 1 is 1.33 bits per heavy atom. The lowest BCUT2D eigenvalue weighted by Gasteiger charge is -2.21. The van der Waals surface area contributed by atoms with E-state index in [9.17, 15) is 14.7 Å². The number of nitrogens with one attached hydrogen (secondary N) is 2. The van der Waals surface area contributed by atoms with E-state index in [-0.39, 0.29) is 11.6 Å². The summed E-state index contributed by atoms with van der Waals surface area (Å²) in [5, 5.41) is 15.6. The number of carbonyl (C=O) groups excluding carboxylic acids is 1. The van der Waals surface area contributed by atoms with Gasteiger partial charge in [-0.1, -0.05) is 6.42 Å². The molecule has 0 aliphatic carbocycles. The SMILES string of the molecule is Cc1sc(NC(=O)NCC2CCCCS2)c(C(=O)O)c1C. The van der Waals surface area contributed by atoms with Gasteiger partial charge in [0.05, 0.1) is 5.56 Å². The Hall–Kier alpha value is -1.21. The van der Waals surface area contributed by atoms with E-state index < -0.39 is 5.97 Å². The van der Waals surface area contributed by atoms with Crippen LogP contribution in [0.4, 0.5) is 9.80 Å². The van der Waals surface area contributed by atoms with E-state index in [0.717, 1.165) is 17.1 Å². The maximum absolute atomic E-state index is 11.9. The molecule has 1 saturated heterocycles. The van der Waals surface area contributed by atoms with Gasteiger partial charge in [0.15, 0.2) is 0 Å². The number of aryl methyl sites for hydroxylation is 1. The van der Waals surface area contributed by atoms with Gasteiger partial charge in [-0.2, -0.15) is 11.8 Å². The van der Waals surface area contributed by atoms with Crippen LogP contribution < -0.4 is 10.6 Å². The highest BCUT2D eigenvalue weighted by molar-refractivity contribution is 7.99. The van der Waals surface area contributed by atoms with Gasteiger partial charge in [0.2, 0.25) is 0 Å². The molecule has 1 aliphatic heterocycles. The maximum Gasteiger partial charge on any atom is 0.338 e. The standard InChI is InChI=1S/C14H20N2O3S2/c1-8-9(2)21-12(11(8)13(17)18)16-14(19)15-7-10-5-3-4-6-20-10/h10H,3-7H2,1-2H3,(H,17,18)(H2,15,16,19). The molecule has 3 N–H and O–H groups in total. The topological polar surface area (TPSA) is 78.4 Å². The van der Waals surface area contributed by atoms with Crippen LogP contribution in [0.5, 0.6) is 0 Å². The molecule has 1 aliphatic rings. The molecule has 7 heteroatoms. The van der Waals surface area contributed by atoms with Crippen molar-refractivity contribution in [1.29, 1.82) is 0 Å². The van der Waals surface area contributed by atoms with Crippen LogP contribution in [0.1, 0.15) is 40.1 Å². The van der Waals surface area contributed by atoms with Gasteiger partial charge in [0.1, 0.15) is 5.00 Å². The first-order chi connectivity index (χ1) is 9.99. The fourth-order valence-electron chi connectivity index (χ4n) is 2.29. The first-order valence-corrected chi connectivity index (χ1v) is 8.85. The molecule has 2 heterocycles. The zero-order valence-electron chi connectivity index (χ0n) is 12.2. The summed E-state index contributed by atoms with van der Waals surface area (Å²) in [5.74, 6) is 0.149. The number of carbonyl (C=O) groups is 2. The van der Waals surface area contributed by atoms with Crippen LogP contribution in [-0.2, 0) is 0 Å². The number of hydrogen-bond acceptors (Lipinski definition) is 4. The molecule has 0 spiro atoms. The Kier molecular flexibility index (Phi) is 5.52. The molecule has 2 rings (SSSR count). The van der Waals surface area contributed by atoms with Crippen molar-refractivity contribution in [3.8, 4) is 0 Å². The molecule has 0 bridgehead atoms. The monoisotopic (exact) mass is 328 g/mol. The lowest BCUT2D eigenvalue weighted by molar-refractivity contribution is 0.0697. The van der Waals surface area contributed by atoms with Crippen molar-refractivity contribution in [2.45, 2.75) is 38.4 Å². The lowest BCUT2D eigenvalue weighted by atomic mass is 10.1. The van der Waals surface area contributed by atoms with Crippen molar-refractivity contribution in [3.63, 3.8) is 0 Å². The van der Waals surface area contributed by atoms with Crippen LogP contribution in [0.3, 0.4) is 0 Å². The average molecular weight is 328 g/mol. The predicted molar refractivity (Wildman–Crippen MR) is 87.9 cm³/mol. The van der Waals surface area contributed by atoms with Crippen molar-refractivity contribution >= 4 is 40.1 Å². The third kappa shape index (κ3) is 4.14. The van der Waals surface area contributed by atoms with E-state index in [1.54, 1.807) is 6.92 Å². The minimum atomic E-state index is -1.00. The molecule has 0 saturated carbocycles. The molecule has 1 aromatic heterocycles. The normalized spacial score (nSPS) is 18.3. The Balaban J connectivity index is 1.93. The van der Waals surface area contributed by atoms with Crippen LogP contribution in [0.25, 0.3) is 0 Å². The molecule has 1 atom stereocenters. The van der Waals surface area contributed by atoms with Crippen molar-refractivity contribution in [2.75, 3.05) is 17.6 Å². The van der Waals surface area contributed by atoms with Crippen molar-refractivity contribution in [1.82, 2.24) is 5.32 Å². The van der Waals surface area contributed by atoms with Crippen LogP contribution in [-0.4, -0.2) is 34.7 Å². The zero-order chi connectivity index (χ0) is 15.4. The highest BCUT2D eigenvalue weighted by Gasteiger charge is 2.21. The van der Waals surface area contributed by atoms with Crippen LogP contribution in [0.2, 0.25) is 0 Å². The quantitative estimate of drug-likeness (QED) is 0.791. The summed E-state index contributed by atoms with van der Waals surface area (Å²) in [5.41, 5.74) is 0.908. The molecule has 116 valence electrons. The molecule has 21 heavy (non-hydrogen) atoms. The predicted octanol–water partition coefficient (Wildman–Crippen LogP) is 3.47. The van der Waals surface area contributed by atoms with Gasteiger partial charge in [-0.25, -0.2) is 9.59 Å². The number of thioether (sulfide) groups is 1. The van der Waals surface area contributed by atoms with Crippen LogP contribution >= 0.6 is 23.1 Å². The lowest BCUT2D eigenvalue weighted by Crippen LogP contribution is -2.35. The molecular weight excluding hydrogens is 308 g/mol. The van der Waals surface area contributed by atoms with Gasteiger partial charge in [0, 0.05) is 16.7 Å². The molecule has 0 aromatic carbocycles. The molecule has 2 amide bonds. The first-order valence-electron chi connectivity index (χ1n) is 6.98. The van der Waals surface area contributed by atoms with Gasteiger partial charge in [-0.05, 0) is 38.0 Å². The summed E-state index contributed by atoms with van der Waals surface area (Å²) in [6.07, 6.45) is 3.60. The van der Waals surface area contributed by atoms with E-state index in [4.69, 9.17) is 0 Å². The second kappa shape index (κ2) is 7.17. The number of aromatic carboxylic acids is 1. The van der Waals surface area contributed by atoms with E-state index in [1.807, 2.05) is 18.7 Å². The Bertz CT molecular complexity index is 537. The average Bonchev–Trinajstić information content (AvgIpc) is 2.72. The largest absolute Gasteiger partial charge is 0.478 e. The summed E-state index contributed by atoms with van der Waals surface area (Å²) in [7, 11) is 0. The Morgan fingerprint density at radius 2 is 2.10 bits per heavy atom. The number of rotatable bonds is 4. The minimum absolute atomic E-state index is 0.194. The molecule has 1 aromatic rings. The summed E-state index contributed by atoms with van der Waals surface area (Å²) < 4.78 is 0. The number of carboxylic acid groups (broad SMARTS) is 1. The van der Waals surface area contributed by atoms with Crippen molar-refractivity contribution in [3.05, 3.63) is 16.0 Å². The Labute approximate surface area is 132 Å². The second-order valence-electron chi connectivity index (χ2n) is 5.12. The van der Waals surface area contributed by atoms with Gasteiger partial charge in [0.25, 0.3) is 0 Å². The number of amides is 2. The number of urea groups is 1. The van der Waals surface area contributed by atoms with E-state index in [2.05, 4.69) is 10.6 Å². The summed E-state index contributed by atoms with van der Waals surface area (Å²) >= 11 is 3.19. The first kappa shape index (κ1) is 16.2. The van der Waals surface area contributed by atoms with E-state index in [1.165, 1.54) is 24.2 Å². The summed E-state index contributed by atoms with van der Waals surface area (Å²) in [4.78, 5) is 24.1. The van der Waals surface area contributed by atoms with Gasteiger partial charge < -0.3 is 10.4 Å². The molecule has 5 nitrogen and oxygen atoms in total. The maximum atomic E-state index is 11.9. The highest BCUT2D eigenvalue weighted by atomic mass is 32.2. The smallest absolute Gasteiger partial charge is 0.338 e. The number of hydrogen-bond donors (Lipinski definition) is 3. The molecule has 1 unspecified atom stereocenters. The fourth-order valence-corrected chi connectivity index (χ4v) is 4.58. The minimum Gasteiger partial charge on any atom is -0.478 e. The summed E-state index contributed by atoms with van der Waals surface area (Å²) in [6.45, 7) is 4.24. The zero-order valence-corrected chi connectivity index (χ0v) is 13.8. The second-order valence-corrected chi connectivity index (χ2v) is 7.75. The van der Waals surface area contributed by atoms with Crippen molar-refractivity contribution < 1.29 is 14.7 Å². The summed E-state index contributed by atoms with van der Waals surface area (Å²) in [6, 6.07) is -0.329. The number of anilines is 1. The molecular formula is C14H20N2O3S2. The number of carboxylic acids is 1. The van der Waals surface area contributed by atoms with Gasteiger partial charge in [-0.3, -0.25) is 5.32 Å². The van der Waals surface area contributed by atoms with Crippen LogP contribution in [0.15, 0.2) is 0 Å². The number of thiophene rings is 1. The fraction of sp³-hybridized carbons (Fsp3) is 0.571. The third-order valence-corrected chi connectivity index (χ3v) is 6.11. The van der Waals surface area contributed by atoms with E-state index in [0.29, 0.717) is 22.4 Å². The molecule has 0 radical (unpaired) electrons. The van der Waals surface area contributed by atoms with E-state index >= 15 is 0 Å². The van der Waals surface area contributed by atoms with Crippen LogP contribution in [0, 0.1) is 13.8 Å². The van der Waals surface area contributed by atoms with Gasteiger partial charge in [-0.15, -0.1) is 11.3 Å². The van der Waals surface area contributed by atoms with Crippen molar-refractivity contribution in [2.24, 2.45) is 0 Å². The van der Waals surface area contributed by atoms with Gasteiger partial charge >= 0.3 is 12.0 Å².